The van der Waals surface area contributed by atoms with Crippen LogP contribution in [-0.4, -0.2) is 0 Å². The molecule has 0 spiro atoms. The van der Waals surface area contributed by atoms with Crippen molar-refractivity contribution in [3.63, 3.8) is 0 Å². The molecule has 1 aliphatic rings. The molecule has 0 fully saturated rings. The van der Waals surface area contributed by atoms with E-state index in [9.17, 15) is 0 Å². The zero-order chi connectivity index (χ0) is 18.9. The summed E-state index contributed by atoms with van der Waals surface area (Å²) in [5.74, 6) is 0.892. The maximum atomic E-state index is 7.25. The fourth-order valence-corrected chi connectivity index (χ4v) is 13.3. The molecule has 136 valence electrons. The van der Waals surface area contributed by atoms with Crippen molar-refractivity contribution in [1.29, 1.82) is 0 Å². The molecule has 0 amide bonds. The van der Waals surface area contributed by atoms with Crippen LogP contribution in [0, 0.1) is 0 Å². The molecule has 0 atom stereocenters. The molecule has 3 rings (SSSR count). The Labute approximate surface area is 172 Å². The minimum absolute atomic E-state index is 0.209. The molecule has 1 aliphatic carbocycles. The standard InChI is InChI=1S/C13H11S.C9H13.2ClH.Ti/c1-3-7-12(8-4-1)11-14-13-9-5-2-6-10-13;1-6-5-7(2)9(4)8(6)3;;;/h1-7,9-10H,11H2;5H,1-4H3;2*1H;/q;;;;+2/p-2. The third-order valence-corrected chi connectivity index (χ3v) is 14.4. The van der Waals surface area contributed by atoms with Crippen molar-refractivity contribution in [3.05, 3.63) is 82.5 Å². The Hall–Kier alpha value is -0.436. The number of allylic oxidation sites excluding steroid dienone is 4. The minimum atomic E-state index is -3.34. The monoisotopic (exact) mass is 438 g/mol. The summed E-state index contributed by atoms with van der Waals surface area (Å²) in [5.41, 5.74) is 6.71. The predicted molar refractivity (Wildman–Crippen MR) is 114 cm³/mol. The molecular weight excluding hydrogens is 415 g/mol. The average molecular weight is 439 g/mol. The van der Waals surface area contributed by atoms with Crippen molar-refractivity contribution in [3.8, 4) is 0 Å². The van der Waals surface area contributed by atoms with Crippen molar-refractivity contribution < 1.29 is 14.5 Å². The zero-order valence-corrected chi connectivity index (χ0v) is 19.5. The summed E-state index contributed by atoms with van der Waals surface area (Å²) in [6.45, 7) is 8.78. The molecule has 26 heavy (non-hydrogen) atoms. The third-order valence-electron chi connectivity index (χ3n) is 5.49. The van der Waals surface area contributed by atoms with Gasteiger partial charge in [-0.2, -0.15) is 0 Å². The summed E-state index contributed by atoms with van der Waals surface area (Å²) in [5, 5.41) is 0. The summed E-state index contributed by atoms with van der Waals surface area (Å²) in [6, 6.07) is 19.0. The SMILES string of the molecule is CC1=C(C)[CH]([Ti]([Cl])([Cl])[c]2ccccc2CSc2ccccc2)C(C)=C1C. The predicted octanol–water partition coefficient (Wildman–Crippen LogP) is 7.54. The number of hydrogen-bond donors (Lipinski definition) is 0. The normalized spacial score (nSPS) is 15.9. The first kappa shape index (κ1) is 20.3. The van der Waals surface area contributed by atoms with Crippen molar-refractivity contribution in [2.24, 2.45) is 0 Å². The van der Waals surface area contributed by atoms with E-state index in [0.717, 1.165) is 5.75 Å². The second-order valence-corrected chi connectivity index (χ2v) is 17.4. The van der Waals surface area contributed by atoms with E-state index >= 15 is 0 Å². The Balaban J connectivity index is 1.94. The van der Waals surface area contributed by atoms with Crippen LogP contribution in [-0.2, 0) is 20.2 Å². The summed E-state index contributed by atoms with van der Waals surface area (Å²) >= 11 is -1.50. The number of hydrogen-bond acceptors (Lipinski definition) is 1. The van der Waals surface area contributed by atoms with Gasteiger partial charge in [0.1, 0.15) is 0 Å². The molecule has 2 aromatic rings. The van der Waals surface area contributed by atoms with Crippen molar-refractivity contribution >= 4 is 34.2 Å². The molecule has 0 bridgehead atoms. The molecule has 0 saturated carbocycles. The van der Waals surface area contributed by atoms with E-state index in [0.29, 0.717) is 0 Å². The topological polar surface area (TPSA) is 0 Å². The summed E-state index contributed by atoms with van der Waals surface area (Å²) in [7, 11) is 14.5. The van der Waals surface area contributed by atoms with Crippen LogP contribution in [0.5, 0.6) is 0 Å². The molecule has 0 N–H and O–H groups in total. The van der Waals surface area contributed by atoms with E-state index < -0.39 is 14.5 Å². The van der Waals surface area contributed by atoms with E-state index in [1.54, 1.807) is 0 Å². The summed E-state index contributed by atoms with van der Waals surface area (Å²) in [4.78, 5) is 1.27. The van der Waals surface area contributed by atoms with E-state index in [-0.39, 0.29) is 4.22 Å². The van der Waals surface area contributed by atoms with Gasteiger partial charge in [0.2, 0.25) is 0 Å². The third kappa shape index (κ3) is 3.89. The van der Waals surface area contributed by atoms with Crippen LogP contribution >= 0.6 is 30.4 Å². The molecule has 0 heterocycles. The second kappa shape index (κ2) is 8.29. The Morgan fingerprint density at radius 3 is 1.96 bits per heavy atom. The van der Waals surface area contributed by atoms with Gasteiger partial charge in [-0.3, -0.25) is 0 Å². The zero-order valence-electron chi connectivity index (χ0n) is 15.6. The number of rotatable bonds is 5. The Morgan fingerprint density at radius 1 is 0.808 bits per heavy atom. The maximum absolute atomic E-state index is 7.25. The van der Waals surface area contributed by atoms with Crippen LogP contribution in [0.25, 0.3) is 0 Å². The summed E-state index contributed by atoms with van der Waals surface area (Å²) < 4.78 is 1.41. The van der Waals surface area contributed by atoms with Gasteiger partial charge in [-0.15, -0.1) is 0 Å². The first-order valence-electron chi connectivity index (χ1n) is 8.83. The van der Waals surface area contributed by atoms with E-state index in [1.807, 2.05) is 17.8 Å². The van der Waals surface area contributed by atoms with Crippen molar-refractivity contribution in [2.45, 2.75) is 42.6 Å². The molecule has 0 aliphatic heterocycles. The Kier molecular flexibility index (Phi) is 6.47. The molecule has 0 nitrogen and oxygen atoms in total. The average Bonchev–Trinajstić information content (AvgIpc) is 2.84. The van der Waals surface area contributed by atoms with Gasteiger partial charge in [-0.25, -0.2) is 0 Å². The first-order valence-corrected chi connectivity index (χ1v) is 15.8. The van der Waals surface area contributed by atoms with Crippen LogP contribution in [0.3, 0.4) is 0 Å². The van der Waals surface area contributed by atoms with Crippen LogP contribution in [0.1, 0.15) is 33.3 Å². The molecule has 0 saturated heterocycles. The van der Waals surface area contributed by atoms with Crippen LogP contribution in [0.2, 0.25) is 4.22 Å². The van der Waals surface area contributed by atoms with E-state index in [1.165, 1.54) is 36.6 Å². The molecule has 0 radical (unpaired) electrons. The summed E-state index contributed by atoms with van der Waals surface area (Å²) in [6.07, 6.45) is 0. The fraction of sp³-hybridized carbons (Fsp3) is 0.273. The van der Waals surface area contributed by atoms with Crippen LogP contribution < -0.4 is 3.87 Å². The van der Waals surface area contributed by atoms with Gasteiger partial charge in [0.05, 0.1) is 0 Å². The van der Waals surface area contributed by atoms with Gasteiger partial charge in [-0.1, -0.05) is 0 Å². The van der Waals surface area contributed by atoms with Gasteiger partial charge in [0, 0.05) is 0 Å². The Morgan fingerprint density at radius 2 is 1.35 bits per heavy atom. The van der Waals surface area contributed by atoms with Crippen molar-refractivity contribution in [1.82, 2.24) is 0 Å². The van der Waals surface area contributed by atoms with Gasteiger partial charge in [0.25, 0.3) is 0 Å². The van der Waals surface area contributed by atoms with Crippen LogP contribution in [0.4, 0.5) is 0 Å². The molecular formula is C22H24Cl2STi. The number of benzene rings is 2. The molecule has 2 aromatic carbocycles. The van der Waals surface area contributed by atoms with Crippen molar-refractivity contribution in [2.75, 3.05) is 0 Å². The van der Waals surface area contributed by atoms with Crippen LogP contribution in [0.15, 0.2) is 81.8 Å². The molecule has 0 aromatic heterocycles. The molecule has 0 unspecified atom stereocenters. The fourth-order valence-electron chi connectivity index (χ4n) is 3.70. The first-order chi connectivity index (χ1) is 12.3. The van der Waals surface area contributed by atoms with Gasteiger partial charge < -0.3 is 0 Å². The quantitative estimate of drug-likeness (QED) is 0.343. The second-order valence-electron chi connectivity index (χ2n) is 6.93. The van der Waals surface area contributed by atoms with Gasteiger partial charge >= 0.3 is 174 Å². The van der Waals surface area contributed by atoms with Gasteiger partial charge in [0.15, 0.2) is 0 Å². The number of thioether (sulfide) groups is 1. The Bertz CT molecular complexity index is 845. The number of halogens is 2. The molecule has 4 heteroatoms. The van der Waals surface area contributed by atoms with E-state index in [4.69, 9.17) is 18.6 Å². The van der Waals surface area contributed by atoms with Gasteiger partial charge in [-0.05, 0) is 0 Å². The van der Waals surface area contributed by atoms with E-state index in [2.05, 4.69) is 76.2 Å².